The van der Waals surface area contributed by atoms with Crippen molar-refractivity contribution in [3.05, 3.63) is 12.3 Å². The molecule has 0 spiro atoms. The Labute approximate surface area is 131 Å². The molecule has 0 aromatic carbocycles. The molecule has 0 fully saturated rings. The number of rotatable bonds is 11. The zero-order valence-electron chi connectivity index (χ0n) is 14.7. The minimum atomic E-state index is -0.263. The topological polar surface area (TPSA) is 30.5 Å². The van der Waals surface area contributed by atoms with Crippen molar-refractivity contribution < 1.29 is 9.47 Å². The van der Waals surface area contributed by atoms with Gasteiger partial charge in [-0.25, -0.2) is 0 Å². The van der Waals surface area contributed by atoms with E-state index in [1.54, 1.807) is 0 Å². The normalized spacial score (nSPS) is 12.3. The second-order valence-electron chi connectivity index (χ2n) is 6.95. The third-order valence-corrected chi connectivity index (χ3v) is 3.37. The lowest BCUT2D eigenvalue weighted by atomic mass is 10.0. The van der Waals surface area contributed by atoms with Crippen LogP contribution < -0.4 is 5.32 Å². The first-order valence-electron chi connectivity index (χ1n) is 7.74. The van der Waals surface area contributed by atoms with Gasteiger partial charge in [0.25, 0.3) is 0 Å². The van der Waals surface area contributed by atoms with Gasteiger partial charge in [0, 0.05) is 18.7 Å². The fourth-order valence-corrected chi connectivity index (χ4v) is 1.69. The van der Waals surface area contributed by atoms with E-state index in [1.807, 2.05) is 13.8 Å². The molecule has 0 aromatic rings. The predicted molar refractivity (Wildman–Crippen MR) is 90.1 cm³/mol. The predicted octanol–water partition coefficient (Wildman–Crippen LogP) is 3.75. The molecule has 1 N–H and O–H groups in total. The van der Waals surface area contributed by atoms with E-state index in [4.69, 9.17) is 15.9 Å². The largest absolute Gasteiger partial charge is 0.386 e. The van der Waals surface area contributed by atoms with E-state index in [0.717, 1.165) is 18.7 Å². The van der Waals surface area contributed by atoms with Crippen LogP contribution in [0.3, 0.4) is 0 Å². The Kier molecular flexibility index (Phi) is 8.70. The quantitative estimate of drug-likeness (QED) is 0.465. The maximum atomic E-state index is 5.91. The molecule has 0 unspecified atom stereocenters. The van der Waals surface area contributed by atoms with Gasteiger partial charge >= 0.3 is 0 Å². The molecule has 3 heteroatoms. The van der Waals surface area contributed by atoms with Crippen LogP contribution in [0.25, 0.3) is 0 Å². The van der Waals surface area contributed by atoms with Gasteiger partial charge in [-0.1, -0.05) is 20.4 Å². The van der Waals surface area contributed by atoms with Crippen LogP contribution in [-0.4, -0.2) is 31.0 Å². The van der Waals surface area contributed by atoms with Gasteiger partial charge in [-0.3, -0.25) is 0 Å². The van der Waals surface area contributed by atoms with E-state index in [1.165, 1.54) is 0 Å². The fraction of sp³-hybridized carbons (Fsp3) is 0.778. The van der Waals surface area contributed by atoms with Crippen LogP contribution in [0.15, 0.2) is 12.3 Å². The van der Waals surface area contributed by atoms with Crippen molar-refractivity contribution in [2.45, 2.75) is 65.6 Å². The van der Waals surface area contributed by atoms with E-state index in [0.29, 0.717) is 25.6 Å². The minimum Gasteiger partial charge on any atom is -0.386 e. The lowest BCUT2D eigenvalue weighted by molar-refractivity contribution is -0.0692. The van der Waals surface area contributed by atoms with Crippen LogP contribution in [0.1, 0.15) is 54.4 Å². The summed E-state index contributed by atoms with van der Waals surface area (Å²) in [5.74, 6) is 3.09. The summed E-state index contributed by atoms with van der Waals surface area (Å²) in [7, 11) is 0. The first kappa shape index (κ1) is 20.0. The van der Waals surface area contributed by atoms with Crippen molar-refractivity contribution in [3.63, 3.8) is 0 Å². The third kappa shape index (κ3) is 10.4. The fourth-order valence-electron chi connectivity index (χ4n) is 1.69. The molecule has 0 rings (SSSR count). The minimum absolute atomic E-state index is 0.201. The van der Waals surface area contributed by atoms with Crippen LogP contribution >= 0.6 is 0 Å². The molecule has 21 heavy (non-hydrogen) atoms. The molecule has 0 aliphatic rings. The van der Waals surface area contributed by atoms with E-state index in [2.05, 4.69) is 45.5 Å². The summed E-state index contributed by atoms with van der Waals surface area (Å²) in [6, 6.07) is 0. The maximum absolute atomic E-state index is 5.91. The average molecular weight is 295 g/mol. The number of ether oxygens (including phenoxy) is 2. The summed E-state index contributed by atoms with van der Waals surface area (Å²) in [6.07, 6.45) is 6.79. The van der Waals surface area contributed by atoms with Gasteiger partial charge in [0.05, 0.1) is 24.4 Å². The molecule has 0 heterocycles. The standard InChI is InChI=1S/C18H33NO2/c1-9-10-17(5,6)20-13-11-18(7,8)21-14-12-19-16(4)15(2)3/h1,15,19H,4,10-14H2,2-3,5-8H3. The maximum Gasteiger partial charge on any atom is 0.0735 e. The highest BCUT2D eigenvalue weighted by atomic mass is 16.5. The number of hydrogen-bond donors (Lipinski definition) is 1. The SMILES string of the molecule is C#CCC(C)(C)OCCC(C)(C)OCCNC(=C)C(C)C. The summed E-state index contributed by atoms with van der Waals surface area (Å²) in [6.45, 7) is 18.5. The monoisotopic (exact) mass is 295 g/mol. The molecule has 3 nitrogen and oxygen atoms in total. The molecule has 0 saturated heterocycles. The van der Waals surface area contributed by atoms with Gasteiger partial charge in [-0.2, -0.15) is 0 Å². The summed E-state index contributed by atoms with van der Waals surface area (Å²) < 4.78 is 11.7. The number of terminal acetylenes is 1. The molecular formula is C18H33NO2. The summed E-state index contributed by atoms with van der Waals surface area (Å²) in [5, 5.41) is 3.28. The van der Waals surface area contributed by atoms with Crippen molar-refractivity contribution in [1.29, 1.82) is 0 Å². The Bertz CT molecular complexity index is 351. The molecule has 0 aliphatic heterocycles. The molecule has 0 atom stereocenters. The highest BCUT2D eigenvalue weighted by molar-refractivity contribution is 4.94. The Hall–Kier alpha value is -0.980. The zero-order chi connectivity index (χ0) is 16.5. The Balaban J connectivity index is 3.89. The number of hydrogen-bond acceptors (Lipinski definition) is 3. The van der Waals surface area contributed by atoms with Gasteiger partial charge in [-0.05, 0) is 40.0 Å². The molecule has 0 saturated carbocycles. The van der Waals surface area contributed by atoms with Gasteiger partial charge in [-0.15, -0.1) is 12.3 Å². The summed E-state index contributed by atoms with van der Waals surface area (Å²) in [5.41, 5.74) is 0.588. The summed E-state index contributed by atoms with van der Waals surface area (Å²) in [4.78, 5) is 0. The van der Waals surface area contributed by atoms with Crippen molar-refractivity contribution in [1.82, 2.24) is 5.32 Å². The first-order valence-corrected chi connectivity index (χ1v) is 7.74. The van der Waals surface area contributed by atoms with Crippen LogP contribution in [0.5, 0.6) is 0 Å². The molecule has 0 bridgehead atoms. The molecule has 0 amide bonds. The van der Waals surface area contributed by atoms with Crippen molar-refractivity contribution in [2.75, 3.05) is 19.8 Å². The Morgan fingerprint density at radius 2 is 1.71 bits per heavy atom. The second kappa shape index (κ2) is 9.12. The lowest BCUT2D eigenvalue weighted by Crippen LogP contribution is -2.33. The summed E-state index contributed by atoms with van der Waals surface area (Å²) >= 11 is 0. The lowest BCUT2D eigenvalue weighted by Gasteiger charge is -2.29. The average Bonchev–Trinajstić information content (AvgIpc) is 2.33. The van der Waals surface area contributed by atoms with Gasteiger partial charge in [0.15, 0.2) is 0 Å². The molecule has 0 aliphatic carbocycles. The Morgan fingerprint density at radius 1 is 1.14 bits per heavy atom. The number of nitrogens with one attached hydrogen (secondary N) is 1. The smallest absolute Gasteiger partial charge is 0.0735 e. The van der Waals surface area contributed by atoms with E-state index >= 15 is 0 Å². The van der Waals surface area contributed by atoms with Gasteiger partial charge in [0.2, 0.25) is 0 Å². The van der Waals surface area contributed by atoms with Crippen LogP contribution in [-0.2, 0) is 9.47 Å². The van der Waals surface area contributed by atoms with Crippen molar-refractivity contribution in [3.8, 4) is 12.3 Å². The van der Waals surface area contributed by atoms with Gasteiger partial charge in [0.1, 0.15) is 0 Å². The van der Waals surface area contributed by atoms with E-state index < -0.39 is 0 Å². The molecule has 122 valence electrons. The second-order valence-corrected chi connectivity index (χ2v) is 6.95. The van der Waals surface area contributed by atoms with Crippen molar-refractivity contribution >= 4 is 0 Å². The highest BCUT2D eigenvalue weighted by Crippen LogP contribution is 2.19. The molecule has 0 aromatic heterocycles. The number of allylic oxidation sites excluding steroid dienone is 1. The van der Waals surface area contributed by atoms with E-state index in [-0.39, 0.29) is 11.2 Å². The molecule has 0 radical (unpaired) electrons. The Morgan fingerprint density at radius 3 is 2.24 bits per heavy atom. The van der Waals surface area contributed by atoms with Crippen molar-refractivity contribution in [2.24, 2.45) is 5.92 Å². The molecular weight excluding hydrogens is 262 g/mol. The van der Waals surface area contributed by atoms with Crippen LogP contribution in [0.2, 0.25) is 0 Å². The zero-order valence-corrected chi connectivity index (χ0v) is 14.7. The first-order chi connectivity index (χ1) is 9.59. The third-order valence-electron chi connectivity index (χ3n) is 3.37. The van der Waals surface area contributed by atoms with E-state index in [9.17, 15) is 0 Å². The highest BCUT2D eigenvalue weighted by Gasteiger charge is 2.22. The van der Waals surface area contributed by atoms with Crippen LogP contribution in [0.4, 0.5) is 0 Å². The van der Waals surface area contributed by atoms with Gasteiger partial charge < -0.3 is 14.8 Å². The van der Waals surface area contributed by atoms with Crippen LogP contribution in [0, 0.1) is 18.3 Å².